The van der Waals surface area contributed by atoms with Crippen molar-refractivity contribution in [2.45, 2.75) is 39.5 Å². The molecule has 1 aromatic carbocycles. The molecule has 0 spiro atoms. The van der Waals surface area contributed by atoms with Crippen molar-refractivity contribution in [3.8, 4) is 0 Å². The number of nitrogens with one attached hydrogen (secondary N) is 2. The molecular formula is C20H31FIN5. The van der Waals surface area contributed by atoms with Gasteiger partial charge in [0.25, 0.3) is 0 Å². The maximum absolute atomic E-state index is 13.5. The summed E-state index contributed by atoms with van der Waals surface area (Å²) in [6.07, 6.45) is 0.888. The maximum atomic E-state index is 13.5. The van der Waals surface area contributed by atoms with Gasteiger partial charge < -0.3 is 10.6 Å². The number of halogens is 2. The Morgan fingerprint density at radius 3 is 2.52 bits per heavy atom. The van der Waals surface area contributed by atoms with Crippen LogP contribution in [0.4, 0.5) is 4.39 Å². The third kappa shape index (κ3) is 6.19. The fraction of sp³-hybridized carbons (Fsp3) is 0.500. The van der Waals surface area contributed by atoms with Crippen LogP contribution in [0.1, 0.15) is 36.4 Å². The second kappa shape index (κ2) is 10.1. The summed E-state index contributed by atoms with van der Waals surface area (Å²) < 4.78 is 15.4. The summed E-state index contributed by atoms with van der Waals surface area (Å²) in [6, 6.07) is 6.76. The van der Waals surface area contributed by atoms with E-state index in [9.17, 15) is 4.39 Å². The third-order valence-electron chi connectivity index (χ3n) is 4.85. The maximum Gasteiger partial charge on any atom is 0.191 e. The van der Waals surface area contributed by atoms with Crippen molar-refractivity contribution < 1.29 is 4.39 Å². The minimum atomic E-state index is -0.212. The highest BCUT2D eigenvalue weighted by Gasteiger charge is 2.21. The van der Waals surface area contributed by atoms with Gasteiger partial charge in [0, 0.05) is 38.3 Å². The van der Waals surface area contributed by atoms with Gasteiger partial charge in [0.2, 0.25) is 0 Å². The summed E-state index contributed by atoms with van der Waals surface area (Å²) in [5.41, 5.74) is 4.29. The Morgan fingerprint density at radius 2 is 1.96 bits per heavy atom. The second-order valence-corrected chi connectivity index (χ2v) is 7.27. The van der Waals surface area contributed by atoms with Gasteiger partial charge in [-0.2, -0.15) is 5.10 Å². The van der Waals surface area contributed by atoms with Crippen molar-refractivity contribution in [1.29, 1.82) is 0 Å². The average Bonchev–Trinajstić information content (AvgIpc) is 2.83. The van der Waals surface area contributed by atoms with Crippen LogP contribution < -0.4 is 10.6 Å². The topological polar surface area (TPSA) is 54.2 Å². The normalized spacial score (nSPS) is 11.9. The lowest BCUT2D eigenvalue weighted by Gasteiger charge is -2.27. The molecule has 0 aliphatic heterocycles. The number of benzene rings is 1. The molecule has 0 saturated heterocycles. The second-order valence-electron chi connectivity index (χ2n) is 7.27. The molecule has 0 amide bonds. The molecule has 0 bridgehead atoms. The zero-order valence-corrected chi connectivity index (χ0v) is 19.4. The van der Waals surface area contributed by atoms with Crippen molar-refractivity contribution in [1.82, 2.24) is 20.4 Å². The molecule has 2 rings (SSSR count). The van der Waals surface area contributed by atoms with E-state index in [1.807, 2.05) is 24.7 Å². The molecule has 0 aliphatic rings. The van der Waals surface area contributed by atoms with Crippen LogP contribution in [0, 0.1) is 19.7 Å². The van der Waals surface area contributed by atoms with Crippen LogP contribution >= 0.6 is 24.0 Å². The van der Waals surface area contributed by atoms with Crippen LogP contribution in [0.3, 0.4) is 0 Å². The predicted octanol–water partition coefficient (Wildman–Crippen LogP) is 3.48. The first-order chi connectivity index (χ1) is 12.2. The summed E-state index contributed by atoms with van der Waals surface area (Å²) in [6.45, 7) is 9.73. The number of nitrogens with zero attached hydrogens (tertiary/aromatic N) is 3. The largest absolute Gasteiger partial charge is 0.356 e. The Balaban J connectivity index is 0.00000364. The van der Waals surface area contributed by atoms with Crippen LogP contribution in [0.25, 0.3) is 0 Å². The van der Waals surface area contributed by atoms with Gasteiger partial charge in [-0.3, -0.25) is 9.67 Å². The van der Waals surface area contributed by atoms with Gasteiger partial charge in [0.1, 0.15) is 5.82 Å². The number of hydrogen-bond acceptors (Lipinski definition) is 2. The standard InChI is InChI=1S/C20H30FN5.HI/c1-14-18(15(2)26(6)25-14)10-11-23-19(22-5)24-13-20(3,4)16-8-7-9-17(21)12-16;/h7-9,12H,10-11,13H2,1-6H3,(H2,22,23,24);1H. The first-order valence-electron chi connectivity index (χ1n) is 8.94. The fourth-order valence-corrected chi connectivity index (χ4v) is 3.02. The van der Waals surface area contributed by atoms with Crippen molar-refractivity contribution in [3.63, 3.8) is 0 Å². The monoisotopic (exact) mass is 487 g/mol. The lowest BCUT2D eigenvalue weighted by atomic mass is 9.84. The molecule has 0 radical (unpaired) electrons. The van der Waals surface area contributed by atoms with Gasteiger partial charge in [-0.1, -0.05) is 26.0 Å². The Bertz CT molecular complexity index is 783. The fourth-order valence-electron chi connectivity index (χ4n) is 3.02. The SMILES string of the molecule is CN=C(NCCc1c(C)nn(C)c1C)NCC(C)(C)c1cccc(F)c1.I. The molecule has 0 fully saturated rings. The van der Waals surface area contributed by atoms with Crippen LogP contribution in [-0.2, 0) is 18.9 Å². The van der Waals surface area contributed by atoms with E-state index < -0.39 is 0 Å². The third-order valence-corrected chi connectivity index (χ3v) is 4.85. The Labute approximate surface area is 178 Å². The number of hydrogen-bond donors (Lipinski definition) is 2. The highest BCUT2D eigenvalue weighted by atomic mass is 127. The minimum absolute atomic E-state index is 0. The van der Waals surface area contributed by atoms with E-state index in [0.717, 1.165) is 30.2 Å². The Morgan fingerprint density at radius 1 is 1.26 bits per heavy atom. The highest BCUT2D eigenvalue weighted by Crippen LogP contribution is 2.22. The molecule has 0 atom stereocenters. The number of aromatic nitrogens is 2. The summed E-state index contributed by atoms with van der Waals surface area (Å²) in [5, 5.41) is 11.1. The zero-order valence-electron chi connectivity index (χ0n) is 17.1. The van der Waals surface area contributed by atoms with E-state index in [0.29, 0.717) is 6.54 Å². The summed E-state index contributed by atoms with van der Waals surface area (Å²) in [7, 11) is 3.72. The van der Waals surface area contributed by atoms with Crippen LogP contribution in [0.2, 0.25) is 0 Å². The molecule has 0 saturated carbocycles. The van der Waals surface area contributed by atoms with Crippen LogP contribution in [0.5, 0.6) is 0 Å². The lowest BCUT2D eigenvalue weighted by molar-refractivity contribution is 0.503. The Kier molecular flexibility index (Phi) is 8.71. The minimum Gasteiger partial charge on any atom is -0.356 e. The van der Waals surface area contributed by atoms with E-state index >= 15 is 0 Å². The number of guanidine groups is 1. The van der Waals surface area contributed by atoms with Crippen molar-refractivity contribution in [2.24, 2.45) is 12.0 Å². The van der Waals surface area contributed by atoms with Gasteiger partial charge in [-0.25, -0.2) is 4.39 Å². The van der Waals surface area contributed by atoms with Gasteiger partial charge in [-0.05, 0) is 43.5 Å². The van der Waals surface area contributed by atoms with Crippen LogP contribution in [0.15, 0.2) is 29.3 Å². The lowest BCUT2D eigenvalue weighted by Crippen LogP contribution is -2.44. The first kappa shape index (κ1) is 23.4. The van der Waals surface area contributed by atoms with Crippen molar-refractivity contribution in [3.05, 3.63) is 52.6 Å². The molecule has 0 unspecified atom stereocenters. The van der Waals surface area contributed by atoms with Crippen molar-refractivity contribution >= 4 is 29.9 Å². The quantitative estimate of drug-likeness (QED) is 0.373. The molecule has 2 N–H and O–H groups in total. The molecule has 150 valence electrons. The predicted molar refractivity (Wildman–Crippen MR) is 121 cm³/mol. The average molecular weight is 487 g/mol. The molecule has 7 heteroatoms. The number of aryl methyl sites for hydroxylation is 2. The molecule has 0 aliphatic carbocycles. The van der Waals surface area contributed by atoms with Crippen LogP contribution in [-0.4, -0.2) is 35.9 Å². The van der Waals surface area contributed by atoms with E-state index in [1.54, 1.807) is 19.2 Å². The Hall–Kier alpha value is -1.64. The van der Waals surface area contributed by atoms with Gasteiger partial charge in [0.05, 0.1) is 5.69 Å². The summed E-state index contributed by atoms with van der Waals surface area (Å²) in [5.74, 6) is 0.536. The van der Waals surface area contributed by atoms with E-state index in [2.05, 4.69) is 41.5 Å². The first-order valence-corrected chi connectivity index (χ1v) is 8.94. The number of rotatable bonds is 6. The van der Waals surface area contributed by atoms with E-state index in [1.165, 1.54) is 17.3 Å². The molecular weight excluding hydrogens is 456 g/mol. The molecule has 5 nitrogen and oxygen atoms in total. The number of aliphatic imine (C=N–C) groups is 1. The molecule has 1 aromatic heterocycles. The van der Waals surface area contributed by atoms with Gasteiger partial charge in [0.15, 0.2) is 5.96 Å². The zero-order chi connectivity index (χ0) is 19.3. The van der Waals surface area contributed by atoms with E-state index in [4.69, 9.17) is 0 Å². The molecule has 2 aromatic rings. The van der Waals surface area contributed by atoms with Crippen molar-refractivity contribution in [2.75, 3.05) is 20.1 Å². The molecule has 1 heterocycles. The molecule has 27 heavy (non-hydrogen) atoms. The summed E-state index contributed by atoms with van der Waals surface area (Å²) in [4.78, 5) is 4.28. The van der Waals surface area contributed by atoms with Gasteiger partial charge >= 0.3 is 0 Å². The summed E-state index contributed by atoms with van der Waals surface area (Å²) >= 11 is 0. The van der Waals surface area contributed by atoms with Gasteiger partial charge in [-0.15, -0.1) is 24.0 Å². The highest BCUT2D eigenvalue weighted by molar-refractivity contribution is 14.0. The van der Waals surface area contributed by atoms with E-state index in [-0.39, 0.29) is 35.2 Å². The smallest absolute Gasteiger partial charge is 0.191 e.